The molecule has 2 aromatic rings. The summed E-state index contributed by atoms with van der Waals surface area (Å²) >= 11 is 3.50. The Morgan fingerprint density at radius 3 is 3.00 bits per heavy atom. The van der Waals surface area contributed by atoms with Crippen molar-refractivity contribution in [3.8, 4) is 0 Å². The number of piperazine rings is 1. The maximum atomic E-state index is 11.7. The number of nitrogens with zero attached hydrogens (tertiary/aromatic N) is 2. The highest BCUT2D eigenvalue weighted by atomic mass is 79.9. The van der Waals surface area contributed by atoms with Gasteiger partial charge in [-0.2, -0.15) is 4.98 Å². The highest BCUT2D eigenvalue weighted by Crippen LogP contribution is 2.18. The average molecular weight is 351 g/mol. The number of hydrogen-bond donors (Lipinski definition) is 2. The summed E-state index contributed by atoms with van der Waals surface area (Å²) in [5.41, 5.74) is 1.10. The van der Waals surface area contributed by atoms with Gasteiger partial charge in [0.05, 0.1) is 12.5 Å². The van der Waals surface area contributed by atoms with E-state index < -0.39 is 0 Å². The van der Waals surface area contributed by atoms with E-state index in [-0.39, 0.29) is 11.9 Å². The summed E-state index contributed by atoms with van der Waals surface area (Å²) in [4.78, 5) is 16.0. The van der Waals surface area contributed by atoms with Crippen molar-refractivity contribution in [1.82, 2.24) is 20.8 Å². The molecule has 1 saturated heterocycles. The van der Waals surface area contributed by atoms with Gasteiger partial charge in [0.25, 0.3) is 0 Å². The van der Waals surface area contributed by atoms with Crippen molar-refractivity contribution in [3.05, 3.63) is 46.0 Å². The second-order valence-electron chi connectivity index (χ2n) is 4.87. The highest BCUT2D eigenvalue weighted by molar-refractivity contribution is 9.10. The molecular weight excluding hydrogens is 336 g/mol. The van der Waals surface area contributed by atoms with E-state index >= 15 is 0 Å². The summed E-state index contributed by atoms with van der Waals surface area (Å²) in [6.07, 6.45) is 1.00. The number of rotatable bonds is 4. The summed E-state index contributed by atoms with van der Waals surface area (Å²) in [5.74, 6) is 1.08. The van der Waals surface area contributed by atoms with E-state index in [2.05, 4.69) is 36.7 Å². The molecule has 0 bridgehead atoms. The zero-order valence-electron chi connectivity index (χ0n) is 11.3. The van der Waals surface area contributed by atoms with Crippen molar-refractivity contribution in [2.45, 2.75) is 18.9 Å². The SMILES string of the molecule is O=C1NCCNC1Cc1nc(Cc2ccccc2Br)no1. The molecule has 7 heteroatoms. The highest BCUT2D eigenvalue weighted by Gasteiger charge is 2.24. The van der Waals surface area contributed by atoms with Crippen LogP contribution in [0, 0.1) is 0 Å². The zero-order chi connectivity index (χ0) is 14.7. The summed E-state index contributed by atoms with van der Waals surface area (Å²) in [5, 5.41) is 9.92. The first-order valence-corrected chi connectivity index (χ1v) is 7.57. The smallest absolute Gasteiger partial charge is 0.237 e. The minimum absolute atomic E-state index is 0.0215. The Hall–Kier alpha value is -1.73. The van der Waals surface area contributed by atoms with E-state index in [1.807, 2.05) is 24.3 Å². The molecule has 0 saturated carbocycles. The molecule has 6 nitrogen and oxygen atoms in total. The van der Waals surface area contributed by atoms with Crippen molar-refractivity contribution in [2.75, 3.05) is 13.1 Å². The topological polar surface area (TPSA) is 80.0 Å². The van der Waals surface area contributed by atoms with Crippen LogP contribution >= 0.6 is 15.9 Å². The van der Waals surface area contributed by atoms with Gasteiger partial charge >= 0.3 is 0 Å². The van der Waals surface area contributed by atoms with E-state index in [4.69, 9.17) is 4.52 Å². The Morgan fingerprint density at radius 1 is 1.33 bits per heavy atom. The monoisotopic (exact) mass is 350 g/mol. The Morgan fingerprint density at radius 2 is 2.19 bits per heavy atom. The molecule has 1 aliphatic heterocycles. The summed E-state index contributed by atoms with van der Waals surface area (Å²) in [6, 6.07) is 7.62. The fourth-order valence-electron chi connectivity index (χ4n) is 2.24. The third-order valence-electron chi connectivity index (χ3n) is 3.33. The summed E-state index contributed by atoms with van der Waals surface area (Å²) < 4.78 is 6.25. The molecule has 1 aliphatic rings. The lowest BCUT2D eigenvalue weighted by molar-refractivity contribution is -0.124. The molecule has 3 rings (SSSR count). The van der Waals surface area contributed by atoms with Crippen LogP contribution < -0.4 is 10.6 Å². The number of aromatic nitrogens is 2. The maximum absolute atomic E-state index is 11.7. The molecule has 0 spiro atoms. The van der Waals surface area contributed by atoms with Crippen LogP contribution in [0.15, 0.2) is 33.3 Å². The summed E-state index contributed by atoms with van der Waals surface area (Å²) in [6.45, 7) is 1.42. The van der Waals surface area contributed by atoms with Crippen LogP contribution in [0.1, 0.15) is 17.3 Å². The molecule has 0 radical (unpaired) electrons. The first-order chi connectivity index (χ1) is 10.2. The Balaban J connectivity index is 1.66. The predicted molar refractivity (Wildman–Crippen MR) is 79.8 cm³/mol. The second-order valence-corrected chi connectivity index (χ2v) is 5.73. The van der Waals surface area contributed by atoms with E-state index in [0.29, 0.717) is 31.1 Å². The Bertz CT molecular complexity index is 643. The van der Waals surface area contributed by atoms with Gasteiger partial charge in [-0.1, -0.05) is 39.3 Å². The Labute approximate surface area is 130 Å². The van der Waals surface area contributed by atoms with E-state index in [9.17, 15) is 4.79 Å². The van der Waals surface area contributed by atoms with Crippen LogP contribution in [-0.2, 0) is 17.6 Å². The third-order valence-corrected chi connectivity index (χ3v) is 4.10. The van der Waals surface area contributed by atoms with Crippen molar-refractivity contribution in [1.29, 1.82) is 0 Å². The van der Waals surface area contributed by atoms with Gasteiger partial charge in [0.15, 0.2) is 5.82 Å². The van der Waals surface area contributed by atoms with Crippen molar-refractivity contribution in [2.24, 2.45) is 0 Å². The normalized spacial score (nSPS) is 18.5. The van der Waals surface area contributed by atoms with Crippen LogP contribution in [-0.4, -0.2) is 35.2 Å². The van der Waals surface area contributed by atoms with Crippen molar-refractivity contribution < 1.29 is 9.32 Å². The van der Waals surface area contributed by atoms with Gasteiger partial charge < -0.3 is 15.2 Å². The van der Waals surface area contributed by atoms with Gasteiger partial charge in [0.2, 0.25) is 11.8 Å². The predicted octanol–water partition coefficient (Wildman–Crippen LogP) is 1.05. The molecule has 1 atom stereocenters. The first kappa shape index (κ1) is 14.2. The van der Waals surface area contributed by atoms with Gasteiger partial charge in [0, 0.05) is 24.0 Å². The molecule has 1 fully saturated rings. The van der Waals surface area contributed by atoms with Crippen molar-refractivity contribution >= 4 is 21.8 Å². The molecule has 1 unspecified atom stereocenters. The fraction of sp³-hybridized carbons (Fsp3) is 0.357. The average Bonchev–Trinajstić information content (AvgIpc) is 2.91. The molecule has 0 aliphatic carbocycles. The van der Waals surface area contributed by atoms with Gasteiger partial charge in [-0.05, 0) is 11.6 Å². The molecule has 110 valence electrons. The minimum Gasteiger partial charge on any atom is -0.353 e. The van der Waals surface area contributed by atoms with Crippen LogP contribution in [0.3, 0.4) is 0 Å². The number of halogens is 1. The van der Waals surface area contributed by atoms with Crippen molar-refractivity contribution in [3.63, 3.8) is 0 Å². The molecule has 1 amide bonds. The zero-order valence-corrected chi connectivity index (χ0v) is 12.9. The molecular formula is C14H15BrN4O2. The lowest BCUT2D eigenvalue weighted by Gasteiger charge is -2.21. The molecule has 2 N–H and O–H groups in total. The van der Waals surface area contributed by atoms with Gasteiger partial charge in [-0.3, -0.25) is 4.79 Å². The maximum Gasteiger partial charge on any atom is 0.237 e. The van der Waals surface area contributed by atoms with Crippen LogP contribution in [0.2, 0.25) is 0 Å². The minimum atomic E-state index is -0.296. The second kappa shape index (κ2) is 6.36. The molecule has 1 aromatic heterocycles. The third kappa shape index (κ3) is 3.48. The molecule has 1 aromatic carbocycles. The molecule has 2 heterocycles. The van der Waals surface area contributed by atoms with Crippen LogP contribution in [0.25, 0.3) is 0 Å². The quantitative estimate of drug-likeness (QED) is 0.861. The number of carbonyl (C=O) groups excluding carboxylic acids is 1. The number of hydrogen-bond acceptors (Lipinski definition) is 5. The van der Waals surface area contributed by atoms with Gasteiger partial charge in [-0.25, -0.2) is 0 Å². The molecule has 21 heavy (non-hydrogen) atoms. The van der Waals surface area contributed by atoms with E-state index in [1.165, 1.54) is 0 Å². The fourth-order valence-corrected chi connectivity index (χ4v) is 2.67. The summed E-state index contributed by atoms with van der Waals surface area (Å²) in [7, 11) is 0. The van der Waals surface area contributed by atoms with E-state index in [1.54, 1.807) is 0 Å². The van der Waals surface area contributed by atoms with Crippen LogP contribution in [0.4, 0.5) is 0 Å². The lowest BCUT2D eigenvalue weighted by atomic mass is 10.1. The van der Waals surface area contributed by atoms with Crippen LogP contribution in [0.5, 0.6) is 0 Å². The number of benzene rings is 1. The number of nitrogens with one attached hydrogen (secondary N) is 2. The first-order valence-electron chi connectivity index (χ1n) is 6.78. The van der Waals surface area contributed by atoms with Gasteiger partial charge in [0.1, 0.15) is 0 Å². The van der Waals surface area contributed by atoms with E-state index in [0.717, 1.165) is 16.6 Å². The van der Waals surface area contributed by atoms with Gasteiger partial charge in [-0.15, -0.1) is 0 Å². The number of amides is 1. The lowest BCUT2D eigenvalue weighted by Crippen LogP contribution is -2.53. The Kier molecular flexibility index (Phi) is 4.31. The largest absolute Gasteiger partial charge is 0.353 e. The standard InChI is InChI=1S/C14H15BrN4O2/c15-10-4-2-1-3-9(10)7-12-18-13(21-19-12)8-11-14(20)17-6-5-16-11/h1-4,11,16H,5-8H2,(H,17,20). The number of carbonyl (C=O) groups is 1.